The number of aliphatic imine (C=N–C) groups is 1. The fourth-order valence-electron chi connectivity index (χ4n) is 2.47. The average molecular weight is 274 g/mol. The monoisotopic (exact) mass is 274 g/mol. The minimum absolute atomic E-state index is 0.488. The Labute approximate surface area is 120 Å². The number of hydrogen-bond acceptors (Lipinski definition) is 3. The molecule has 0 aromatic carbocycles. The Bertz CT molecular complexity index is 495. The second kappa shape index (κ2) is 6.83. The molecule has 2 nitrogen and oxygen atoms in total. The van der Waals surface area contributed by atoms with E-state index in [1.54, 1.807) is 11.3 Å². The maximum absolute atomic E-state index is 4.70. The van der Waals surface area contributed by atoms with Gasteiger partial charge in [0.25, 0.3) is 0 Å². The van der Waals surface area contributed by atoms with Gasteiger partial charge in [0.15, 0.2) is 0 Å². The normalized spacial score (nSPS) is 20.2. The van der Waals surface area contributed by atoms with Crippen LogP contribution in [0.15, 0.2) is 45.8 Å². The predicted octanol–water partition coefficient (Wildman–Crippen LogP) is 3.81. The lowest BCUT2D eigenvalue weighted by atomic mass is 9.91. The van der Waals surface area contributed by atoms with Crippen LogP contribution in [0.2, 0.25) is 0 Å². The van der Waals surface area contributed by atoms with Crippen molar-refractivity contribution in [2.45, 2.75) is 32.7 Å². The van der Waals surface area contributed by atoms with Crippen LogP contribution >= 0.6 is 11.3 Å². The third kappa shape index (κ3) is 3.64. The highest BCUT2D eigenvalue weighted by Gasteiger charge is 2.15. The van der Waals surface area contributed by atoms with E-state index in [-0.39, 0.29) is 0 Å². The number of allylic oxidation sites excluding steroid dienone is 2. The topological polar surface area (TPSA) is 24.4 Å². The summed E-state index contributed by atoms with van der Waals surface area (Å²) in [4.78, 5) is 5.98. The van der Waals surface area contributed by atoms with Crippen molar-refractivity contribution in [2.24, 2.45) is 4.99 Å². The van der Waals surface area contributed by atoms with Crippen LogP contribution in [0.1, 0.15) is 31.6 Å². The molecule has 0 radical (unpaired) electrons. The molecule has 1 aliphatic rings. The van der Waals surface area contributed by atoms with Gasteiger partial charge in [-0.2, -0.15) is 0 Å². The lowest BCUT2D eigenvalue weighted by Crippen LogP contribution is -2.29. The summed E-state index contributed by atoms with van der Waals surface area (Å²) in [5, 5.41) is 5.50. The van der Waals surface area contributed by atoms with E-state index in [1.807, 2.05) is 7.05 Å². The van der Waals surface area contributed by atoms with Crippen molar-refractivity contribution in [2.75, 3.05) is 13.6 Å². The minimum atomic E-state index is 0.488. The zero-order valence-corrected chi connectivity index (χ0v) is 12.8. The van der Waals surface area contributed by atoms with Gasteiger partial charge in [0.2, 0.25) is 0 Å². The fourth-order valence-corrected chi connectivity index (χ4v) is 3.17. The van der Waals surface area contributed by atoms with Crippen molar-refractivity contribution in [3.8, 4) is 0 Å². The molecule has 1 aromatic rings. The Morgan fingerprint density at radius 2 is 2.37 bits per heavy atom. The average Bonchev–Trinajstić information content (AvgIpc) is 2.94. The van der Waals surface area contributed by atoms with Crippen LogP contribution in [0.3, 0.4) is 0 Å². The van der Waals surface area contributed by atoms with Crippen LogP contribution in [0.4, 0.5) is 0 Å². The molecule has 0 saturated carbocycles. The highest BCUT2D eigenvalue weighted by Crippen LogP contribution is 2.22. The molecule has 1 aromatic heterocycles. The van der Waals surface area contributed by atoms with Crippen molar-refractivity contribution in [3.05, 3.63) is 45.7 Å². The molecule has 0 bridgehead atoms. The summed E-state index contributed by atoms with van der Waals surface area (Å²) in [6.07, 6.45) is 6.63. The molecule has 0 spiro atoms. The molecule has 0 amide bonds. The maximum atomic E-state index is 4.70. The highest BCUT2D eigenvalue weighted by atomic mass is 32.1. The molecular formula is C16H22N2S. The first-order chi connectivity index (χ1) is 9.22. The molecule has 19 heavy (non-hydrogen) atoms. The summed E-state index contributed by atoms with van der Waals surface area (Å²) in [5.41, 5.74) is 4.06. The van der Waals surface area contributed by atoms with Gasteiger partial charge in [-0.1, -0.05) is 23.8 Å². The molecule has 3 heteroatoms. The third-order valence-electron chi connectivity index (χ3n) is 3.62. The van der Waals surface area contributed by atoms with Gasteiger partial charge < -0.3 is 5.32 Å². The van der Waals surface area contributed by atoms with Gasteiger partial charge in [-0.15, -0.1) is 11.3 Å². The van der Waals surface area contributed by atoms with E-state index in [0.717, 1.165) is 25.1 Å². The van der Waals surface area contributed by atoms with E-state index >= 15 is 0 Å². The molecule has 102 valence electrons. The summed E-state index contributed by atoms with van der Waals surface area (Å²) in [7, 11) is 2.04. The second-order valence-electron chi connectivity index (χ2n) is 4.88. The quantitative estimate of drug-likeness (QED) is 0.811. The van der Waals surface area contributed by atoms with Gasteiger partial charge in [-0.3, -0.25) is 4.99 Å². The summed E-state index contributed by atoms with van der Waals surface area (Å²) in [6, 6.07) is 4.70. The van der Waals surface area contributed by atoms with Crippen molar-refractivity contribution < 1.29 is 0 Å². The summed E-state index contributed by atoms with van der Waals surface area (Å²) < 4.78 is 0. The fraction of sp³-hybridized carbons (Fsp3) is 0.438. The molecular weight excluding hydrogens is 252 g/mol. The first kappa shape index (κ1) is 14.2. The third-order valence-corrected chi connectivity index (χ3v) is 4.60. The summed E-state index contributed by atoms with van der Waals surface area (Å²) >= 11 is 1.76. The van der Waals surface area contributed by atoms with E-state index < -0.39 is 0 Å². The Morgan fingerprint density at radius 3 is 3.05 bits per heavy atom. The van der Waals surface area contributed by atoms with Crippen LogP contribution in [0.25, 0.3) is 0 Å². The van der Waals surface area contributed by atoms with Gasteiger partial charge in [-0.25, -0.2) is 0 Å². The Kier molecular flexibility index (Phi) is 5.11. The van der Waals surface area contributed by atoms with Crippen molar-refractivity contribution in [1.82, 2.24) is 5.32 Å². The number of nitrogens with zero attached hydrogens (tertiary/aromatic N) is 1. The zero-order valence-electron chi connectivity index (χ0n) is 11.9. The predicted molar refractivity (Wildman–Crippen MR) is 85.3 cm³/mol. The van der Waals surface area contributed by atoms with E-state index in [1.165, 1.54) is 16.0 Å². The molecule has 1 unspecified atom stereocenters. The first-order valence-corrected chi connectivity index (χ1v) is 7.68. The van der Waals surface area contributed by atoms with Crippen LogP contribution in [0.5, 0.6) is 0 Å². The number of rotatable bonds is 5. The van der Waals surface area contributed by atoms with E-state index in [2.05, 4.69) is 48.8 Å². The molecule has 1 atom stereocenters. The largest absolute Gasteiger partial charge is 0.313 e. The van der Waals surface area contributed by atoms with Crippen molar-refractivity contribution in [1.29, 1.82) is 0 Å². The van der Waals surface area contributed by atoms with Crippen LogP contribution in [0, 0.1) is 0 Å². The van der Waals surface area contributed by atoms with Crippen LogP contribution in [-0.2, 0) is 0 Å². The number of hydrogen-bond donors (Lipinski definition) is 1. The number of likely N-dealkylation sites (N-methyl/N-ethyl adjacent to an activating group) is 1. The lowest BCUT2D eigenvalue weighted by Gasteiger charge is -2.23. The minimum Gasteiger partial charge on any atom is -0.313 e. The number of nitrogens with one attached hydrogen (secondary N) is 1. The van der Waals surface area contributed by atoms with Crippen molar-refractivity contribution in [3.63, 3.8) is 0 Å². The van der Waals surface area contributed by atoms with E-state index in [4.69, 9.17) is 4.99 Å². The second-order valence-corrected chi connectivity index (χ2v) is 5.83. The van der Waals surface area contributed by atoms with Crippen molar-refractivity contribution >= 4 is 17.0 Å². The Balaban J connectivity index is 1.98. The SMILES string of the molecule is CNC1CC=CC(C)=C1CCN=C(C)c1cccs1. The summed E-state index contributed by atoms with van der Waals surface area (Å²) in [5.74, 6) is 0. The highest BCUT2D eigenvalue weighted by molar-refractivity contribution is 7.12. The standard InChI is InChI=1S/C16H22N2S/c1-12-6-4-7-15(17-3)14(12)9-10-18-13(2)16-8-5-11-19-16/h4-6,8,11,15,17H,7,9-10H2,1-3H3. The van der Waals surface area contributed by atoms with Crippen LogP contribution < -0.4 is 5.32 Å². The molecule has 1 aliphatic carbocycles. The van der Waals surface area contributed by atoms with Gasteiger partial charge in [-0.05, 0) is 50.8 Å². The van der Waals surface area contributed by atoms with Gasteiger partial charge >= 0.3 is 0 Å². The van der Waals surface area contributed by atoms with Gasteiger partial charge in [0, 0.05) is 23.2 Å². The Morgan fingerprint density at radius 1 is 1.53 bits per heavy atom. The lowest BCUT2D eigenvalue weighted by molar-refractivity contribution is 0.608. The maximum Gasteiger partial charge on any atom is 0.0489 e. The van der Waals surface area contributed by atoms with Gasteiger partial charge in [0.1, 0.15) is 0 Å². The smallest absolute Gasteiger partial charge is 0.0489 e. The van der Waals surface area contributed by atoms with E-state index in [0.29, 0.717) is 6.04 Å². The molecule has 2 rings (SSSR count). The zero-order chi connectivity index (χ0) is 13.7. The first-order valence-electron chi connectivity index (χ1n) is 6.80. The molecule has 1 N–H and O–H groups in total. The van der Waals surface area contributed by atoms with Crippen LogP contribution in [-0.4, -0.2) is 25.3 Å². The van der Waals surface area contributed by atoms with E-state index in [9.17, 15) is 0 Å². The number of thiophene rings is 1. The molecule has 0 aliphatic heterocycles. The molecule has 0 saturated heterocycles. The Hall–Kier alpha value is -1.19. The molecule has 1 heterocycles. The summed E-state index contributed by atoms with van der Waals surface area (Å²) in [6.45, 7) is 5.18. The van der Waals surface area contributed by atoms with Gasteiger partial charge in [0.05, 0.1) is 0 Å². The molecule has 0 fully saturated rings.